The maximum absolute atomic E-state index is 11.6. The van der Waals surface area contributed by atoms with E-state index < -0.39 is 17.2 Å². The van der Waals surface area contributed by atoms with Gasteiger partial charge in [0.05, 0.1) is 5.25 Å². The van der Waals surface area contributed by atoms with Gasteiger partial charge < -0.3 is 5.73 Å². The predicted octanol–water partition coefficient (Wildman–Crippen LogP) is 0.943. The lowest BCUT2D eigenvalue weighted by Crippen LogP contribution is -2.39. The first kappa shape index (κ1) is 14.1. The summed E-state index contributed by atoms with van der Waals surface area (Å²) in [6, 6.07) is 8.64. The molecule has 3 amide bonds. The van der Waals surface area contributed by atoms with Gasteiger partial charge in [-0.05, 0) is 19.1 Å². The molecular formula is C12H13N5O2S. The van der Waals surface area contributed by atoms with Crippen molar-refractivity contribution in [3.63, 3.8) is 0 Å². The number of imide groups is 1. The summed E-state index contributed by atoms with van der Waals surface area (Å²) < 4.78 is 1.76. The van der Waals surface area contributed by atoms with Gasteiger partial charge >= 0.3 is 6.03 Å². The quantitative estimate of drug-likeness (QED) is 0.816. The SMILES string of the molecule is C[C@@H](Sc1nncn1-c1ccccc1)C(=O)NC(N)=O. The molecule has 1 atom stereocenters. The number of urea groups is 1. The molecule has 0 unspecified atom stereocenters. The first-order valence-corrected chi connectivity index (χ1v) is 6.68. The van der Waals surface area contributed by atoms with Crippen LogP contribution in [-0.4, -0.2) is 32.0 Å². The monoisotopic (exact) mass is 291 g/mol. The van der Waals surface area contributed by atoms with Crippen molar-refractivity contribution in [2.24, 2.45) is 5.73 Å². The third-order valence-corrected chi connectivity index (χ3v) is 3.51. The number of para-hydroxylation sites is 1. The van der Waals surface area contributed by atoms with Crippen molar-refractivity contribution in [3.8, 4) is 5.69 Å². The number of hydrogen-bond donors (Lipinski definition) is 2. The zero-order chi connectivity index (χ0) is 14.5. The lowest BCUT2D eigenvalue weighted by atomic mass is 10.3. The second-order valence-electron chi connectivity index (χ2n) is 3.93. The first-order chi connectivity index (χ1) is 9.58. The molecule has 20 heavy (non-hydrogen) atoms. The van der Waals surface area contributed by atoms with Crippen molar-refractivity contribution >= 4 is 23.7 Å². The van der Waals surface area contributed by atoms with Crippen LogP contribution in [0.2, 0.25) is 0 Å². The normalized spacial score (nSPS) is 11.8. The van der Waals surface area contributed by atoms with Crippen LogP contribution in [0.4, 0.5) is 4.79 Å². The molecule has 1 heterocycles. The van der Waals surface area contributed by atoms with E-state index in [9.17, 15) is 9.59 Å². The van der Waals surface area contributed by atoms with Crippen LogP contribution in [0.15, 0.2) is 41.8 Å². The molecule has 3 N–H and O–H groups in total. The average Bonchev–Trinajstić information content (AvgIpc) is 2.87. The number of aromatic nitrogens is 3. The van der Waals surface area contributed by atoms with E-state index in [1.54, 1.807) is 17.8 Å². The third kappa shape index (κ3) is 3.35. The van der Waals surface area contributed by atoms with Crippen LogP contribution in [0.1, 0.15) is 6.92 Å². The molecule has 0 aliphatic rings. The number of rotatable bonds is 4. The van der Waals surface area contributed by atoms with Crippen LogP contribution in [0.3, 0.4) is 0 Å². The molecule has 0 saturated carbocycles. The van der Waals surface area contributed by atoms with Gasteiger partial charge in [0, 0.05) is 5.69 Å². The number of primary amides is 1. The highest BCUT2D eigenvalue weighted by Gasteiger charge is 2.19. The summed E-state index contributed by atoms with van der Waals surface area (Å²) in [5, 5.41) is 9.89. The Morgan fingerprint density at radius 1 is 1.35 bits per heavy atom. The zero-order valence-corrected chi connectivity index (χ0v) is 11.5. The molecule has 7 nitrogen and oxygen atoms in total. The number of hydrogen-bond acceptors (Lipinski definition) is 5. The number of nitrogens with one attached hydrogen (secondary N) is 1. The molecule has 2 aromatic rings. The summed E-state index contributed by atoms with van der Waals surface area (Å²) in [5.41, 5.74) is 5.80. The molecule has 1 aromatic heterocycles. The largest absolute Gasteiger partial charge is 0.351 e. The first-order valence-electron chi connectivity index (χ1n) is 5.80. The van der Waals surface area contributed by atoms with Crippen LogP contribution in [-0.2, 0) is 4.79 Å². The van der Waals surface area contributed by atoms with E-state index in [-0.39, 0.29) is 0 Å². The molecule has 0 aliphatic heterocycles. The maximum Gasteiger partial charge on any atom is 0.318 e. The van der Waals surface area contributed by atoms with E-state index in [1.165, 1.54) is 11.8 Å². The van der Waals surface area contributed by atoms with E-state index in [1.807, 2.05) is 35.6 Å². The number of nitrogens with zero attached hydrogens (tertiary/aromatic N) is 3. The van der Waals surface area contributed by atoms with E-state index in [4.69, 9.17) is 5.73 Å². The minimum absolute atomic E-state index is 0.467. The van der Waals surface area contributed by atoms with Gasteiger partial charge in [0.15, 0.2) is 5.16 Å². The highest BCUT2D eigenvalue weighted by Crippen LogP contribution is 2.23. The number of amides is 3. The molecule has 1 aromatic carbocycles. The van der Waals surface area contributed by atoms with Crippen molar-refractivity contribution in [1.82, 2.24) is 20.1 Å². The smallest absolute Gasteiger partial charge is 0.318 e. The highest BCUT2D eigenvalue weighted by atomic mass is 32.2. The van der Waals surface area contributed by atoms with Gasteiger partial charge in [-0.2, -0.15) is 0 Å². The van der Waals surface area contributed by atoms with Crippen molar-refractivity contribution in [2.45, 2.75) is 17.3 Å². The summed E-state index contributed by atoms with van der Waals surface area (Å²) in [6.07, 6.45) is 1.57. The topological polar surface area (TPSA) is 103 Å². The van der Waals surface area contributed by atoms with Crippen molar-refractivity contribution in [2.75, 3.05) is 0 Å². The number of benzene rings is 1. The van der Waals surface area contributed by atoms with E-state index >= 15 is 0 Å². The van der Waals surface area contributed by atoms with Crippen LogP contribution in [0.25, 0.3) is 5.69 Å². The van der Waals surface area contributed by atoms with E-state index in [0.29, 0.717) is 5.16 Å². The highest BCUT2D eigenvalue weighted by molar-refractivity contribution is 8.00. The predicted molar refractivity (Wildman–Crippen MR) is 74.4 cm³/mol. The Bertz CT molecular complexity index is 613. The molecule has 0 fully saturated rings. The Hall–Kier alpha value is -2.35. The number of carbonyl (C=O) groups is 2. The van der Waals surface area contributed by atoms with Crippen molar-refractivity contribution in [3.05, 3.63) is 36.7 Å². The van der Waals surface area contributed by atoms with Gasteiger partial charge in [-0.1, -0.05) is 30.0 Å². The molecule has 0 aliphatic carbocycles. The minimum atomic E-state index is -0.869. The van der Waals surface area contributed by atoms with Gasteiger partial charge in [-0.15, -0.1) is 10.2 Å². The van der Waals surface area contributed by atoms with E-state index in [0.717, 1.165) is 5.69 Å². The summed E-state index contributed by atoms with van der Waals surface area (Å²) in [6.45, 7) is 1.66. The fourth-order valence-corrected chi connectivity index (χ4v) is 2.35. The van der Waals surface area contributed by atoms with Gasteiger partial charge in [0.25, 0.3) is 0 Å². The van der Waals surface area contributed by atoms with Gasteiger partial charge in [-0.3, -0.25) is 14.7 Å². The molecular weight excluding hydrogens is 278 g/mol. The summed E-state index contributed by atoms with van der Waals surface area (Å²) in [5.74, 6) is -0.467. The van der Waals surface area contributed by atoms with Gasteiger partial charge in [-0.25, -0.2) is 4.79 Å². The molecule has 0 radical (unpaired) electrons. The second-order valence-corrected chi connectivity index (χ2v) is 5.24. The Morgan fingerprint density at radius 3 is 2.70 bits per heavy atom. The van der Waals surface area contributed by atoms with Crippen LogP contribution in [0, 0.1) is 0 Å². The molecule has 8 heteroatoms. The van der Waals surface area contributed by atoms with Gasteiger partial charge in [0.1, 0.15) is 6.33 Å². The van der Waals surface area contributed by atoms with Gasteiger partial charge in [0.2, 0.25) is 5.91 Å². The van der Waals surface area contributed by atoms with E-state index in [2.05, 4.69) is 10.2 Å². The Labute approximate surface area is 119 Å². The van der Waals surface area contributed by atoms with Crippen molar-refractivity contribution in [1.29, 1.82) is 0 Å². The Morgan fingerprint density at radius 2 is 2.05 bits per heavy atom. The summed E-state index contributed by atoms with van der Waals surface area (Å²) in [7, 11) is 0. The maximum atomic E-state index is 11.6. The lowest BCUT2D eigenvalue weighted by Gasteiger charge is -2.10. The van der Waals surface area contributed by atoms with Crippen molar-refractivity contribution < 1.29 is 9.59 Å². The molecule has 0 saturated heterocycles. The third-order valence-electron chi connectivity index (χ3n) is 2.45. The van der Waals surface area contributed by atoms with Crippen LogP contribution in [0.5, 0.6) is 0 Å². The fourth-order valence-electron chi connectivity index (χ4n) is 1.51. The van der Waals surface area contributed by atoms with Crippen LogP contribution >= 0.6 is 11.8 Å². The number of carbonyl (C=O) groups excluding carboxylic acids is 2. The Balaban J connectivity index is 2.13. The standard InChI is InChI=1S/C12H13N5O2S/c1-8(10(18)15-11(13)19)20-12-16-14-7-17(12)9-5-3-2-4-6-9/h2-8H,1H3,(H3,13,15,18,19)/t8-/m1/s1. The summed E-state index contributed by atoms with van der Waals surface area (Å²) >= 11 is 1.19. The minimum Gasteiger partial charge on any atom is -0.351 e. The zero-order valence-electron chi connectivity index (χ0n) is 10.7. The fraction of sp³-hybridized carbons (Fsp3) is 0.167. The molecule has 104 valence electrons. The number of thioether (sulfide) groups is 1. The Kier molecular flexibility index (Phi) is 4.36. The molecule has 2 rings (SSSR count). The van der Waals surface area contributed by atoms with Crippen LogP contribution < -0.4 is 11.1 Å². The average molecular weight is 291 g/mol. The lowest BCUT2D eigenvalue weighted by molar-refractivity contribution is -0.119. The second kappa shape index (κ2) is 6.20. The molecule has 0 spiro atoms. The number of nitrogens with two attached hydrogens (primary N) is 1. The summed E-state index contributed by atoms with van der Waals surface area (Å²) in [4.78, 5) is 22.3. The molecule has 0 bridgehead atoms.